The van der Waals surface area contributed by atoms with Gasteiger partial charge in [-0.25, -0.2) is 14.1 Å². The van der Waals surface area contributed by atoms with Crippen LogP contribution in [0, 0.1) is 12.7 Å². The van der Waals surface area contributed by atoms with Crippen LogP contribution in [-0.2, 0) is 6.54 Å². The van der Waals surface area contributed by atoms with E-state index in [0.717, 1.165) is 20.3 Å². The molecule has 4 aromatic rings. The van der Waals surface area contributed by atoms with E-state index in [4.69, 9.17) is 0 Å². The highest BCUT2D eigenvalue weighted by atomic mass is 32.1. The van der Waals surface area contributed by atoms with Gasteiger partial charge in [-0.1, -0.05) is 18.2 Å². The van der Waals surface area contributed by atoms with Crippen molar-refractivity contribution in [2.45, 2.75) is 13.5 Å². The molecule has 0 fully saturated rings. The maximum Gasteiger partial charge on any atom is 0.294 e. The Hall–Kier alpha value is -2.38. The number of hydrogen-bond acceptors (Lipinski definition) is 5. The Kier molecular flexibility index (Phi) is 3.74. The predicted molar refractivity (Wildman–Crippen MR) is 95.2 cm³/mol. The quantitative estimate of drug-likeness (QED) is 0.555. The van der Waals surface area contributed by atoms with Crippen molar-refractivity contribution in [3.05, 3.63) is 68.5 Å². The molecule has 0 bridgehead atoms. The van der Waals surface area contributed by atoms with Crippen molar-refractivity contribution in [3.63, 3.8) is 0 Å². The molecule has 0 aliphatic rings. The molecule has 0 saturated heterocycles. The molecule has 4 rings (SSSR count). The van der Waals surface area contributed by atoms with Gasteiger partial charge in [0, 0.05) is 0 Å². The Balaban J connectivity index is 1.92. The molecule has 24 heavy (non-hydrogen) atoms. The summed E-state index contributed by atoms with van der Waals surface area (Å²) < 4.78 is 15.6. The number of thiazole rings is 1. The highest BCUT2D eigenvalue weighted by Crippen LogP contribution is 2.32. The van der Waals surface area contributed by atoms with Gasteiger partial charge in [-0.15, -0.1) is 22.7 Å². The summed E-state index contributed by atoms with van der Waals surface area (Å²) in [6.45, 7) is 2.08. The number of hydrogen-bond donors (Lipinski definition) is 0. The molecule has 4 nitrogen and oxygen atoms in total. The maximum absolute atomic E-state index is 13.4. The van der Waals surface area contributed by atoms with Crippen LogP contribution < -0.4 is 5.56 Å². The van der Waals surface area contributed by atoms with E-state index >= 15 is 0 Å². The lowest BCUT2D eigenvalue weighted by molar-refractivity contribution is 0.614. The summed E-state index contributed by atoms with van der Waals surface area (Å²) in [6.07, 6.45) is 0. The van der Waals surface area contributed by atoms with E-state index in [2.05, 4.69) is 10.1 Å². The fraction of sp³-hybridized carbons (Fsp3) is 0.118. The average Bonchev–Trinajstić information content (AvgIpc) is 3.20. The number of fused-ring (bicyclic) bond motifs is 1. The lowest BCUT2D eigenvalue weighted by Gasteiger charge is -2.07. The second-order valence-electron chi connectivity index (χ2n) is 5.33. The first kappa shape index (κ1) is 15.2. The zero-order chi connectivity index (χ0) is 16.7. The van der Waals surface area contributed by atoms with Crippen LogP contribution >= 0.6 is 22.7 Å². The molecule has 0 N–H and O–H groups in total. The maximum atomic E-state index is 13.4. The number of halogens is 1. The number of aryl methyl sites for hydroxylation is 1. The SMILES string of the molecule is Cc1nc2c(=O)n(Cc3cccc(F)c3)nc(-c3cccs3)c2s1. The monoisotopic (exact) mass is 357 g/mol. The summed E-state index contributed by atoms with van der Waals surface area (Å²) in [4.78, 5) is 18.1. The largest absolute Gasteiger partial charge is 0.294 e. The van der Waals surface area contributed by atoms with E-state index in [-0.39, 0.29) is 17.9 Å². The number of thiophene rings is 1. The average molecular weight is 357 g/mol. The van der Waals surface area contributed by atoms with Crippen molar-refractivity contribution in [1.82, 2.24) is 14.8 Å². The molecular weight excluding hydrogens is 345 g/mol. The van der Waals surface area contributed by atoms with Crippen molar-refractivity contribution in [1.29, 1.82) is 0 Å². The molecule has 0 spiro atoms. The van der Waals surface area contributed by atoms with Crippen molar-refractivity contribution < 1.29 is 4.39 Å². The normalized spacial score (nSPS) is 11.2. The molecule has 7 heteroatoms. The zero-order valence-electron chi connectivity index (χ0n) is 12.7. The van der Waals surface area contributed by atoms with Gasteiger partial charge in [0.2, 0.25) is 0 Å². The van der Waals surface area contributed by atoms with E-state index in [0.29, 0.717) is 11.1 Å². The standard InChI is InChI=1S/C17H12FN3OS2/c1-10-19-15-16(24-10)14(13-6-3-7-23-13)20-21(17(15)22)9-11-4-2-5-12(18)8-11/h2-8H,9H2,1H3. The number of rotatable bonds is 3. The van der Waals surface area contributed by atoms with Gasteiger partial charge < -0.3 is 0 Å². The van der Waals surface area contributed by atoms with Crippen LogP contribution in [0.3, 0.4) is 0 Å². The molecule has 0 radical (unpaired) electrons. The van der Waals surface area contributed by atoms with Crippen LogP contribution in [-0.4, -0.2) is 14.8 Å². The summed E-state index contributed by atoms with van der Waals surface area (Å²) >= 11 is 3.03. The van der Waals surface area contributed by atoms with Crippen LogP contribution in [0.4, 0.5) is 4.39 Å². The van der Waals surface area contributed by atoms with E-state index in [1.54, 1.807) is 23.5 Å². The number of aromatic nitrogens is 3. The summed E-state index contributed by atoms with van der Waals surface area (Å²) in [5.41, 5.74) is 1.61. The Morgan fingerprint density at radius 1 is 1.25 bits per heavy atom. The van der Waals surface area contributed by atoms with Crippen molar-refractivity contribution in [3.8, 4) is 10.6 Å². The van der Waals surface area contributed by atoms with Crippen LogP contribution in [0.1, 0.15) is 10.6 Å². The molecule has 0 aliphatic carbocycles. The van der Waals surface area contributed by atoms with Gasteiger partial charge in [-0.3, -0.25) is 4.79 Å². The molecule has 0 saturated carbocycles. The second-order valence-corrected chi connectivity index (χ2v) is 7.48. The Morgan fingerprint density at radius 2 is 2.12 bits per heavy atom. The molecule has 3 heterocycles. The third-order valence-electron chi connectivity index (χ3n) is 3.58. The first-order valence-electron chi connectivity index (χ1n) is 7.28. The lowest BCUT2D eigenvalue weighted by atomic mass is 10.2. The molecule has 1 aromatic carbocycles. The van der Waals surface area contributed by atoms with Gasteiger partial charge in [-0.2, -0.15) is 5.10 Å². The highest BCUT2D eigenvalue weighted by Gasteiger charge is 2.17. The third kappa shape index (κ3) is 2.65. The molecule has 0 unspecified atom stereocenters. The lowest BCUT2D eigenvalue weighted by Crippen LogP contribution is -2.24. The molecule has 120 valence electrons. The molecule has 0 atom stereocenters. The van der Waals surface area contributed by atoms with Crippen LogP contribution in [0.2, 0.25) is 0 Å². The van der Waals surface area contributed by atoms with Gasteiger partial charge in [0.25, 0.3) is 5.56 Å². The van der Waals surface area contributed by atoms with E-state index in [1.165, 1.54) is 28.2 Å². The van der Waals surface area contributed by atoms with Gasteiger partial charge >= 0.3 is 0 Å². The predicted octanol–water partition coefficient (Wildman–Crippen LogP) is 4.08. The van der Waals surface area contributed by atoms with Crippen molar-refractivity contribution in [2.24, 2.45) is 0 Å². The third-order valence-corrected chi connectivity index (χ3v) is 5.44. The summed E-state index contributed by atoms with van der Waals surface area (Å²) in [6, 6.07) is 10.1. The Bertz CT molecular complexity index is 1080. The fourth-order valence-electron chi connectivity index (χ4n) is 2.56. The summed E-state index contributed by atoms with van der Waals surface area (Å²) in [7, 11) is 0. The number of nitrogens with zero attached hydrogens (tertiary/aromatic N) is 3. The zero-order valence-corrected chi connectivity index (χ0v) is 14.3. The van der Waals surface area contributed by atoms with E-state index in [9.17, 15) is 9.18 Å². The minimum absolute atomic E-state index is 0.210. The summed E-state index contributed by atoms with van der Waals surface area (Å²) in [5.74, 6) is -0.329. The Labute approximate surface area is 144 Å². The second kappa shape index (κ2) is 5.92. The van der Waals surface area contributed by atoms with Crippen LogP contribution in [0.15, 0.2) is 46.6 Å². The number of benzene rings is 1. The highest BCUT2D eigenvalue weighted by molar-refractivity contribution is 7.20. The first-order valence-corrected chi connectivity index (χ1v) is 8.98. The van der Waals surface area contributed by atoms with Gasteiger partial charge in [0.1, 0.15) is 11.5 Å². The van der Waals surface area contributed by atoms with Gasteiger partial charge in [0.05, 0.1) is 21.1 Å². The van der Waals surface area contributed by atoms with E-state index < -0.39 is 0 Å². The van der Waals surface area contributed by atoms with Crippen LogP contribution in [0.5, 0.6) is 0 Å². The van der Waals surface area contributed by atoms with Gasteiger partial charge in [-0.05, 0) is 36.1 Å². The van der Waals surface area contributed by atoms with Crippen molar-refractivity contribution >= 4 is 32.9 Å². The minimum Gasteiger partial charge on any atom is -0.265 e. The minimum atomic E-state index is -0.329. The topological polar surface area (TPSA) is 47.8 Å². The smallest absolute Gasteiger partial charge is 0.265 e. The molecule has 0 amide bonds. The first-order chi connectivity index (χ1) is 11.6. The van der Waals surface area contributed by atoms with Crippen LogP contribution in [0.25, 0.3) is 20.8 Å². The van der Waals surface area contributed by atoms with Crippen molar-refractivity contribution in [2.75, 3.05) is 0 Å². The van der Waals surface area contributed by atoms with Gasteiger partial charge in [0.15, 0.2) is 5.52 Å². The molecular formula is C17H12FN3OS2. The fourth-order valence-corrected chi connectivity index (χ4v) is 4.25. The summed E-state index contributed by atoms with van der Waals surface area (Å²) in [5, 5.41) is 7.34. The molecule has 3 aromatic heterocycles. The Morgan fingerprint density at radius 3 is 2.88 bits per heavy atom. The molecule has 0 aliphatic heterocycles. The van der Waals surface area contributed by atoms with E-state index in [1.807, 2.05) is 24.4 Å².